The van der Waals surface area contributed by atoms with Crippen molar-refractivity contribution < 1.29 is 4.42 Å². The lowest BCUT2D eigenvalue weighted by molar-refractivity contribution is 0.555. The lowest BCUT2D eigenvalue weighted by Gasteiger charge is -2.11. The first-order valence-corrected chi connectivity index (χ1v) is 5.88. The first kappa shape index (κ1) is 11.4. The van der Waals surface area contributed by atoms with Gasteiger partial charge < -0.3 is 15.5 Å². The Morgan fingerprint density at radius 3 is 2.79 bits per heavy atom. The Labute approximate surface area is 109 Å². The number of nitrogens with one attached hydrogen (secondary N) is 2. The molecule has 0 bridgehead atoms. The number of hydrogen-bond acceptors (Lipinski definition) is 4. The van der Waals surface area contributed by atoms with E-state index in [1.165, 1.54) is 0 Å². The highest BCUT2D eigenvalue weighted by molar-refractivity contribution is 5.87. The standard InChI is InChI=1S/C14H13N3O2/c1-8-4-2-3-5-10(8)16-11-7-12-13(6-9(11)15)19-14(18)17-12/h2-7,16H,15H2,1H3,(H,17,18). The summed E-state index contributed by atoms with van der Waals surface area (Å²) in [4.78, 5) is 13.7. The van der Waals surface area contributed by atoms with Crippen molar-refractivity contribution in [3.05, 3.63) is 52.5 Å². The summed E-state index contributed by atoms with van der Waals surface area (Å²) in [5.41, 5.74) is 10.4. The second-order valence-electron chi connectivity index (χ2n) is 4.39. The van der Waals surface area contributed by atoms with E-state index in [1.807, 2.05) is 31.2 Å². The average molecular weight is 255 g/mol. The lowest BCUT2D eigenvalue weighted by Crippen LogP contribution is -1.97. The van der Waals surface area contributed by atoms with Gasteiger partial charge in [0.25, 0.3) is 0 Å². The smallest absolute Gasteiger partial charge is 0.408 e. The van der Waals surface area contributed by atoms with E-state index >= 15 is 0 Å². The molecule has 0 radical (unpaired) electrons. The van der Waals surface area contributed by atoms with E-state index in [0.717, 1.165) is 16.9 Å². The van der Waals surface area contributed by atoms with Gasteiger partial charge in [0.05, 0.1) is 16.9 Å². The molecule has 19 heavy (non-hydrogen) atoms. The van der Waals surface area contributed by atoms with E-state index in [9.17, 15) is 4.79 Å². The number of fused-ring (bicyclic) bond motifs is 1. The van der Waals surface area contributed by atoms with Crippen LogP contribution in [0.1, 0.15) is 5.56 Å². The number of anilines is 3. The molecular formula is C14H13N3O2. The summed E-state index contributed by atoms with van der Waals surface area (Å²) in [5.74, 6) is -0.484. The van der Waals surface area contributed by atoms with E-state index < -0.39 is 5.76 Å². The van der Waals surface area contributed by atoms with Crippen molar-refractivity contribution in [2.24, 2.45) is 0 Å². The number of aromatic nitrogens is 1. The van der Waals surface area contributed by atoms with Crippen molar-refractivity contribution in [1.82, 2.24) is 4.98 Å². The number of aryl methyl sites for hydroxylation is 1. The zero-order chi connectivity index (χ0) is 13.4. The van der Waals surface area contributed by atoms with Crippen LogP contribution in [0, 0.1) is 6.92 Å². The maximum atomic E-state index is 11.1. The van der Waals surface area contributed by atoms with Gasteiger partial charge in [-0.3, -0.25) is 4.98 Å². The van der Waals surface area contributed by atoms with Crippen molar-refractivity contribution in [3.63, 3.8) is 0 Å². The van der Waals surface area contributed by atoms with Gasteiger partial charge in [0.1, 0.15) is 0 Å². The maximum Gasteiger partial charge on any atom is 0.417 e. The van der Waals surface area contributed by atoms with Crippen molar-refractivity contribution in [3.8, 4) is 0 Å². The summed E-state index contributed by atoms with van der Waals surface area (Å²) in [6.07, 6.45) is 0. The van der Waals surface area contributed by atoms with Crippen molar-refractivity contribution in [2.45, 2.75) is 6.92 Å². The topological polar surface area (TPSA) is 84.0 Å². The fourth-order valence-corrected chi connectivity index (χ4v) is 1.98. The predicted molar refractivity (Wildman–Crippen MR) is 75.7 cm³/mol. The van der Waals surface area contributed by atoms with Gasteiger partial charge in [0, 0.05) is 11.8 Å². The molecule has 2 aromatic carbocycles. The highest BCUT2D eigenvalue weighted by atomic mass is 16.4. The van der Waals surface area contributed by atoms with Crippen LogP contribution < -0.4 is 16.8 Å². The molecular weight excluding hydrogens is 242 g/mol. The lowest BCUT2D eigenvalue weighted by atomic mass is 10.2. The zero-order valence-electron chi connectivity index (χ0n) is 10.4. The van der Waals surface area contributed by atoms with Gasteiger partial charge in [-0.05, 0) is 24.6 Å². The first-order valence-electron chi connectivity index (χ1n) is 5.88. The van der Waals surface area contributed by atoms with Crippen LogP contribution in [0.15, 0.2) is 45.6 Å². The Balaban J connectivity index is 2.07. The molecule has 0 unspecified atom stereocenters. The Kier molecular flexibility index (Phi) is 2.52. The number of hydrogen-bond donors (Lipinski definition) is 3. The number of rotatable bonds is 2. The normalized spacial score (nSPS) is 10.8. The van der Waals surface area contributed by atoms with Crippen LogP contribution in [0.3, 0.4) is 0 Å². The summed E-state index contributed by atoms with van der Waals surface area (Å²) in [6, 6.07) is 11.3. The largest absolute Gasteiger partial charge is 0.417 e. The molecule has 0 saturated carbocycles. The van der Waals surface area contributed by atoms with Crippen molar-refractivity contribution >= 4 is 28.2 Å². The van der Waals surface area contributed by atoms with Crippen LogP contribution >= 0.6 is 0 Å². The number of nitrogen functional groups attached to an aromatic ring is 1. The Morgan fingerprint density at radius 1 is 1.21 bits per heavy atom. The average Bonchev–Trinajstić information content (AvgIpc) is 2.71. The third kappa shape index (κ3) is 2.06. The quantitative estimate of drug-likeness (QED) is 0.615. The minimum atomic E-state index is -0.484. The highest BCUT2D eigenvalue weighted by Gasteiger charge is 2.07. The molecule has 5 heteroatoms. The van der Waals surface area contributed by atoms with Crippen molar-refractivity contribution in [1.29, 1.82) is 0 Å². The zero-order valence-corrected chi connectivity index (χ0v) is 10.4. The molecule has 1 aromatic heterocycles. The van der Waals surface area contributed by atoms with Crippen LogP contribution in [-0.4, -0.2) is 4.98 Å². The summed E-state index contributed by atoms with van der Waals surface area (Å²) >= 11 is 0. The predicted octanol–water partition coefficient (Wildman–Crippen LogP) is 2.76. The molecule has 0 spiro atoms. The number of nitrogens with two attached hydrogens (primary N) is 1. The van der Waals surface area contributed by atoms with Crippen LogP contribution in [0.2, 0.25) is 0 Å². The molecule has 0 saturated heterocycles. The molecule has 3 aromatic rings. The van der Waals surface area contributed by atoms with Gasteiger partial charge in [0.15, 0.2) is 5.58 Å². The highest BCUT2D eigenvalue weighted by Crippen LogP contribution is 2.28. The van der Waals surface area contributed by atoms with E-state index in [4.69, 9.17) is 10.2 Å². The molecule has 0 amide bonds. The van der Waals surface area contributed by atoms with E-state index in [2.05, 4.69) is 10.3 Å². The molecule has 3 rings (SSSR count). The van der Waals surface area contributed by atoms with Crippen LogP contribution in [0.5, 0.6) is 0 Å². The van der Waals surface area contributed by atoms with Gasteiger partial charge in [0.2, 0.25) is 0 Å². The minimum absolute atomic E-state index is 0.456. The van der Waals surface area contributed by atoms with Crippen molar-refractivity contribution in [2.75, 3.05) is 11.1 Å². The number of benzene rings is 2. The Bertz CT molecular complexity index is 802. The minimum Gasteiger partial charge on any atom is -0.408 e. The second-order valence-corrected chi connectivity index (χ2v) is 4.39. The fraction of sp³-hybridized carbons (Fsp3) is 0.0714. The van der Waals surface area contributed by atoms with E-state index in [1.54, 1.807) is 12.1 Å². The first-order chi connectivity index (χ1) is 9.13. The van der Waals surface area contributed by atoms with Crippen LogP contribution in [-0.2, 0) is 0 Å². The summed E-state index contributed by atoms with van der Waals surface area (Å²) in [6.45, 7) is 2.01. The molecule has 4 N–H and O–H groups in total. The molecule has 1 heterocycles. The summed E-state index contributed by atoms with van der Waals surface area (Å²) < 4.78 is 4.96. The van der Waals surface area contributed by atoms with Gasteiger partial charge in [-0.15, -0.1) is 0 Å². The number of oxazole rings is 1. The number of para-hydroxylation sites is 1. The third-order valence-corrected chi connectivity index (χ3v) is 3.01. The van der Waals surface area contributed by atoms with Gasteiger partial charge in [-0.1, -0.05) is 18.2 Å². The second kappa shape index (κ2) is 4.20. The molecule has 0 aliphatic heterocycles. The molecule has 0 atom stereocenters. The van der Waals surface area contributed by atoms with Gasteiger partial charge in [-0.2, -0.15) is 0 Å². The SMILES string of the molecule is Cc1ccccc1Nc1cc2[nH]c(=O)oc2cc1N. The summed E-state index contributed by atoms with van der Waals surface area (Å²) in [5, 5.41) is 3.25. The Hall–Kier alpha value is -2.69. The number of aromatic amines is 1. The van der Waals surface area contributed by atoms with E-state index in [-0.39, 0.29) is 0 Å². The Morgan fingerprint density at radius 2 is 2.00 bits per heavy atom. The maximum absolute atomic E-state index is 11.1. The van der Waals surface area contributed by atoms with E-state index in [0.29, 0.717) is 16.8 Å². The molecule has 5 nitrogen and oxygen atoms in total. The molecule has 0 aliphatic rings. The number of H-pyrrole nitrogens is 1. The third-order valence-electron chi connectivity index (χ3n) is 3.01. The molecule has 0 aliphatic carbocycles. The molecule has 96 valence electrons. The van der Waals surface area contributed by atoms with Gasteiger partial charge in [-0.25, -0.2) is 4.79 Å². The monoisotopic (exact) mass is 255 g/mol. The van der Waals surface area contributed by atoms with Crippen LogP contribution in [0.4, 0.5) is 17.1 Å². The summed E-state index contributed by atoms with van der Waals surface area (Å²) in [7, 11) is 0. The van der Waals surface area contributed by atoms with Gasteiger partial charge >= 0.3 is 5.76 Å². The van der Waals surface area contributed by atoms with Crippen LogP contribution in [0.25, 0.3) is 11.1 Å². The fourth-order valence-electron chi connectivity index (χ4n) is 1.98. The molecule has 0 fully saturated rings.